The summed E-state index contributed by atoms with van der Waals surface area (Å²) < 4.78 is 0. The van der Waals surface area contributed by atoms with Crippen molar-refractivity contribution in [3.8, 4) is 0 Å². The lowest BCUT2D eigenvalue weighted by atomic mass is 9.78. The Balaban J connectivity index is 2.33. The number of fused-ring (bicyclic) bond motifs is 1. The maximum Gasteiger partial charge on any atom is 0.163 e. The highest BCUT2D eigenvalue weighted by molar-refractivity contribution is 5.98. The molecule has 1 aliphatic carbocycles. The smallest absolute Gasteiger partial charge is 0.163 e. The second-order valence-corrected chi connectivity index (χ2v) is 4.49. The number of Topliss-reactive ketones (excluding diaryl/α,β-unsaturated/α-hetero) is 1. The molecule has 0 radical (unpaired) electrons. The minimum Gasteiger partial charge on any atom is -0.294 e. The van der Waals surface area contributed by atoms with Crippen molar-refractivity contribution in [3.05, 3.63) is 35.4 Å². The number of hydrogen-bond acceptors (Lipinski definition) is 1. The summed E-state index contributed by atoms with van der Waals surface area (Å²) in [5.74, 6) is 1.47. The Labute approximate surface area is 85.1 Å². The van der Waals surface area contributed by atoms with Gasteiger partial charge in [0.1, 0.15) is 0 Å². The fourth-order valence-corrected chi connectivity index (χ4v) is 2.14. The van der Waals surface area contributed by atoms with E-state index in [0.29, 0.717) is 17.6 Å². The molecule has 1 aromatic rings. The van der Waals surface area contributed by atoms with Gasteiger partial charge in [-0.05, 0) is 23.8 Å². The predicted octanol–water partition coefficient (Wildman–Crippen LogP) is 3.09. The fraction of sp³-hybridized carbons (Fsp3) is 0.462. The summed E-state index contributed by atoms with van der Waals surface area (Å²) in [6.07, 6.45) is 1.80. The van der Waals surface area contributed by atoms with Crippen LogP contribution in [0.3, 0.4) is 0 Å². The highest BCUT2D eigenvalue weighted by Gasteiger charge is 2.26. The molecule has 0 spiro atoms. The van der Waals surface area contributed by atoms with Crippen LogP contribution < -0.4 is 0 Å². The Morgan fingerprint density at radius 1 is 1.21 bits per heavy atom. The molecule has 0 saturated carbocycles. The molecule has 1 aromatic carbocycles. The summed E-state index contributed by atoms with van der Waals surface area (Å²) in [7, 11) is 0. The number of carbonyl (C=O) groups excluding carboxylic acids is 1. The average Bonchev–Trinajstić information content (AvgIpc) is 2.17. The van der Waals surface area contributed by atoms with Gasteiger partial charge in [0, 0.05) is 12.0 Å². The molecule has 0 amide bonds. The van der Waals surface area contributed by atoms with E-state index in [1.165, 1.54) is 5.56 Å². The lowest BCUT2D eigenvalue weighted by Gasteiger charge is -2.26. The lowest BCUT2D eigenvalue weighted by Crippen LogP contribution is -2.23. The van der Waals surface area contributed by atoms with Crippen molar-refractivity contribution >= 4 is 5.78 Å². The SMILES string of the molecule is CC(C)C1CC(=O)c2ccccc2C1. The van der Waals surface area contributed by atoms with Crippen LogP contribution >= 0.6 is 0 Å². The normalized spacial score (nSPS) is 21.1. The Bertz CT molecular complexity index is 352. The Hall–Kier alpha value is -1.11. The zero-order chi connectivity index (χ0) is 10.1. The molecule has 0 heterocycles. The molecule has 74 valence electrons. The van der Waals surface area contributed by atoms with Gasteiger partial charge in [0.05, 0.1) is 0 Å². The molecule has 1 nitrogen and oxygen atoms in total. The van der Waals surface area contributed by atoms with E-state index >= 15 is 0 Å². The van der Waals surface area contributed by atoms with Crippen LogP contribution in [-0.2, 0) is 6.42 Å². The van der Waals surface area contributed by atoms with E-state index in [0.717, 1.165) is 18.4 Å². The van der Waals surface area contributed by atoms with E-state index < -0.39 is 0 Å². The minimum absolute atomic E-state index is 0.325. The van der Waals surface area contributed by atoms with E-state index in [9.17, 15) is 4.79 Å². The second-order valence-electron chi connectivity index (χ2n) is 4.49. The summed E-state index contributed by atoms with van der Waals surface area (Å²) in [5, 5.41) is 0. The standard InChI is InChI=1S/C13H16O/c1-9(2)11-7-10-5-3-4-6-12(10)13(14)8-11/h3-6,9,11H,7-8H2,1-2H3. The van der Waals surface area contributed by atoms with Gasteiger partial charge in [0.2, 0.25) is 0 Å². The summed E-state index contributed by atoms with van der Waals surface area (Å²) in [6.45, 7) is 4.40. The van der Waals surface area contributed by atoms with Crippen LogP contribution in [0.2, 0.25) is 0 Å². The molecule has 14 heavy (non-hydrogen) atoms. The summed E-state index contributed by atoms with van der Waals surface area (Å²) >= 11 is 0. The van der Waals surface area contributed by atoms with Gasteiger partial charge in [-0.15, -0.1) is 0 Å². The molecule has 1 heteroatoms. The van der Waals surface area contributed by atoms with E-state index in [1.54, 1.807) is 0 Å². The molecule has 2 rings (SSSR count). The van der Waals surface area contributed by atoms with Crippen molar-refractivity contribution in [2.75, 3.05) is 0 Å². The molecular weight excluding hydrogens is 172 g/mol. The molecule has 0 N–H and O–H groups in total. The monoisotopic (exact) mass is 188 g/mol. The molecule has 0 bridgehead atoms. The average molecular weight is 188 g/mol. The molecule has 1 atom stereocenters. The first-order valence-electron chi connectivity index (χ1n) is 5.29. The van der Waals surface area contributed by atoms with Gasteiger partial charge in [-0.3, -0.25) is 4.79 Å². The van der Waals surface area contributed by atoms with Crippen molar-refractivity contribution in [2.24, 2.45) is 11.8 Å². The zero-order valence-electron chi connectivity index (χ0n) is 8.79. The third-order valence-corrected chi connectivity index (χ3v) is 3.19. The molecule has 0 aliphatic heterocycles. The van der Waals surface area contributed by atoms with Crippen LogP contribution in [0.1, 0.15) is 36.2 Å². The fourth-order valence-electron chi connectivity index (χ4n) is 2.14. The summed E-state index contributed by atoms with van der Waals surface area (Å²) in [5.41, 5.74) is 2.19. The first-order valence-corrected chi connectivity index (χ1v) is 5.29. The quantitative estimate of drug-likeness (QED) is 0.662. The number of carbonyl (C=O) groups is 1. The number of ketones is 1. The maximum absolute atomic E-state index is 11.8. The van der Waals surface area contributed by atoms with Crippen molar-refractivity contribution in [3.63, 3.8) is 0 Å². The van der Waals surface area contributed by atoms with Crippen molar-refractivity contribution < 1.29 is 4.79 Å². The first kappa shape index (κ1) is 9.45. The molecule has 1 aliphatic rings. The minimum atomic E-state index is 0.325. The van der Waals surface area contributed by atoms with Gasteiger partial charge in [-0.2, -0.15) is 0 Å². The Morgan fingerprint density at radius 2 is 1.93 bits per heavy atom. The number of rotatable bonds is 1. The zero-order valence-corrected chi connectivity index (χ0v) is 8.79. The molecule has 1 unspecified atom stereocenters. The van der Waals surface area contributed by atoms with Crippen LogP contribution in [0, 0.1) is 11.8 Å². The second kappa shape index (κ2) is 3.56. The van der Waals surface area contributed by atoms with E-state index in [1.807, 2.05) is 18.2 Å². The number of hydrogen-bond donors (Lipinski definition) is 0. The largest absolute Gasteiger partial charge is 0.294 e. The van der Waals surface area contributed by atoms with Crippen LogP contribution in [0.25, 0.3) is 0 Å². The Morgan fingerprint density at radius 3 is 2.64 bits per heavy atom. The van der Waals surface area contributed by atoms with Gasteiger partial charge in [0.15, 0.2) is 5.78 Å². The first-order chi connectivity index (χ1) is 6.68. The lowest BCUT2D eigenvalue weighted by molar-refractivity contribution is 0.0933. The van der Waals surface area contributed by atoms with Crippen molar-refractivity contribution in [1.82, 2.24) is 0 Å². The molecule has 0 fully saturated rings. The van der Waals surface area contributed by atoms with Crippen molar-refractivity contribution in [2.45, 2.75) is 26.7 Å². The summed E-state index contributed by atoms with van der Waals surface area (Å²) in [4.78, 5) is 11.8. The van der Waals surface area contributed by atoms with Gasteiger partial charge < -0.3 is 0 Å². The topological polar surface area (TPSA) is 17.1 Å². The van der Waals surface area contributed by atoms with Crippen LogP contribution in [0.4, 0.5) is 0 Å². The predicted molar refractivity (Wildman–Crippen MR) is 57.4 cm³/mol. The van der Waals surface area contributed by atoms with Gasteiger partial charge in [-0.25, -0.2) is 0 Å². The van der Waals surface area contributed by atoms with Crippen LogP contribution in [0.5, 0.6) is 0 Å². The van der Waals surface area contributed by atoms with E-state index in [-0.39, 0.29) is 0 Å². The molecule has 0 aromatic heterocycles. The third-order valence-electron chi connectivity index (χ3n) is 3.19. The Kier molecular flexibility index (Phi) is 2.40. The van der Waals surface area contributed by atoms with Crippen LogP contribution in [-0.4, -0.2) is 5.78 Å². The third kappa shape index (κ3) is 1.59. The summed E-state index contributed by atoms with van der Waals surface area (Å²) in [6, 6.07) is 8.01. The maximum atomic E-state index is 11.8. The highest BCUT2D eigenvalue weighted by Crippen LogP contribution is 2.29. The van der Waals surface area contributed by atoms with E-state index in [2.05, 4.69) is 19.9 Å². The van der Waals surface area contributed by atoms with Crippen molar-refractivity contribution in [1.29, 1.82) is 0 Å². The molecular formula is C13H16O. The van der Waals surface area contributed by atoms with Gasteiger partial charge in [0.25, 0.3) is 0 Å². The van der Waals surface area contributed by atoms with Crippen LogP contribution in [0.15, 0.2) is 24.3 Å². The number of benzene rings is 1. The van der Waals surface area contributed by atoms with Gasteiger partial charge in [-0.1, -0.05) is 38.1 Å². The highest BCUT2D eigenvalue weighted by atomic mass is 16.1. The van der Waals surface area contributed by atoms with E-state index in [4.69, 9.17) is 0 Å². The molecule has 0 saturated heterocycles. The van der Waals surface area contributed by atoms with Gasteiger partial charge >= 0.3 is 0 Å².